The number of β-lactam (4-membered cyclic amide) rings is 1. The Morgan fingerprint density at radius 2 is 1.95 bits per heavy atom. The highest BCUT2D eigenvalue weighted by molar-refractivity contribution is 8.01. The number of carbonyl (C=O) groups is 3. The summed E-state index contributed by atoms with van der Waals surface area (Å²) in [6.07, 6.45) is 3.64. The molecular formula is C24H37N7O5S2. The van der Waals surface area contributed by atoms with Crippen LogP contribution in [0, 0.1) is 11.8 Å². The normalized spacial score (nSPS) is 22.9. The number of tetrazole rings is 1. The number of hydrogen-bond donors (Lipinski definition) is 1. The molecule has 38 heavy (non-hydrogen) atoms. The van der Waals surface area contributed by atoms with Gasteiger partial charge in [-0.3, -0.25) is 14.5 Å². The van der Waals surface area contributed by atoms with E-state index in [1.165, 1.54) is 28.4 Å². The van der Waals surface area contributed by atoms with E-state index in [9.17, 15) is 14.4 Å². The van der Waals surface area contributed by atoms with E-state index in [2.05, 4.69) is 15.5 Å². The summed E-state index contributed by atoms with van der Waals surface area (Å²) in [5.74, 6) is -0.869. The zero-order valence-electron chi connectivity index (χ0n) is 22.4. The van der Waals surface area contributed by atoms with Crippen LogP contribution in [-0.2, 0) is 30.4 Å². The van der Waals surface area contributed by atoms with Gasteiger partial charge in [-0.05, 0) is 42.9 Å². The van der Waals surface area contributed by atoms with Crippen molar-refractivity contribution in [2.24, 2.45) is 17.6 Å². The van der Waals surface area contributed by atoms with Gasteiger partial charge in [-0.15, -0.1) is 16.9 Å². The SMILES string of the molecule is CC(C)C(OC(=O)C1=C(CSc2nnnn2CCN(C)C)CS[C@@H]2[C@H](N)C(=O)N12)OC(=O)C1CCCCC1. The van der Waals surface area contributed by atoms with Crippen molar-refractivity contribution in [1.82, 2.24) is 30.0 Å². The highest BCUT2D eigenvalue weighted by Gasteiger charge is 2.52. The number of nitrogens with zero attached hydrogens (tertiary/aromatic N) is 6. The number of esters is 2. The van der Waals surface area contributed by atoms with Crippen molar-refractivity contribution in [3.8, 4) is 0 Å². The molecule has 3 heterocycles. The van der Waals surface area contributed by atoms with Crippen LogP contribution in [0.1, 0.15) is 46.0 Å². The number of carbonyl (C=O) groups excluding carboxylic acids is 3. The fourth-order valence-electron chi connectivity index (χ4n) is 4.57. The van der Waals surface area contributed by atoms with Crippen molar-refractivity contribution in [3.05, 3.63) is 11.3 Å². The van der Waals surface area contributed by atoms with Gasteiger partial charge in [0.15, 0.2) is 0 Å². The molecule has 1 aromatic heterocycles. The highest BCUT2D eigenvalue weighted by atomic mass is 32.2. The molecule has 2 aliphatic heterocycles. The lowest BCUT2D eigenvalue weighted by Gasteiger charge is -2.48. The summed E-state index contributed by atoms with van der Waals surface area (Å²) in [7, 11) is 3.95. The van der Waals surface area contributed by atoms with Crippen LogP contribution in [-0.4, -0.2) is 97.7 Å². The lowest BCUT2D eigenvalue weighted by atomic mass is 9.89. The molecule has 2 fully saturated rings. The van der Waals surface area contributed by atoms with Gasteiger partial charge in [-0.2, -0.15) is 0 Å². The molecule has 4 rings (SSSR count). The van der Waals surface area contributed by atoms with Gasteiger partial charge in [-0.1, -0.05) is 44.9 Å². The molecular weight excluding hydrogens is 530 g/mol. The first kappa shape index (κ1) is 28.8. The number of rotatable bonds is 11. The second-order valence-corrected chi connectivity index (χ2v) is 12.5. The molecule has 0 aromatic carbocycles. The second kappa shape index (κ2) is 12.8. The second-order valence-electron chi connectivity index (χ2n) is 10.5. The monoisotopic (exact) mass is 567 g/mol. The molecule has 1 aliphatic carbocycles. The fraction of sp³-hybridized carbons (Fsp3) is 0.750. The number of aromatic nitrogens is 4. The maximum Gasteiger partial charge on any atom is 0.358 e. The van der Waals surface area contributed by atoms with E-state index < -0.39 is 18.3 Å². The molecule has 0 spiro atoms. The number of amides is 1. The van der Waals surface area contributed by atoms with Crippen molar-refractivity contribution in [2.45, 2.75) is 75.4 Å². The third-order valence-electron chi connectivity index (χ3n) is 6.85. The number of hydrogen-bond acceptors (Lipinski definition) is 12. The van der Waals surface area contributed by atoms with Gasteiger partial charge < -0.3 is 20.1 Å². The molecule has 12 nitrogen and oxygen atoms in total. The minimum atomic E-state index is -1.05. The lowest BCUT2D eigenvalue weighted by Crippen LogP contribution is -2.68. The Morgan fingerprint density at radius 3 is 2.63 bits per heavy atom. The maximum atomic E-state index is 13.6. The molecule has 1 aromatic rings. The van der Waals surface area contributed by atoms with E-state index in [0.717, 1.165) is 44.2 Å². The molecule has 3 aliphatic rings. The van der Waals surface area contributed by atoms with Crippen LogP contribution < -0.4 is 5.73 Å². The molecule has 3 atom stereocenters. The van der Waals surface area contributed by atoms with Crippen molar-refractivity contribution < 1.29 is 23.9 Å². The summed E-state index contributed by atoms with van der Waals surface area (Å²) in [6.45, 7) is 5.05. The molecule has 0 bridgehead atoms. The Morgan fingerprint density at radius 1 is 1.21 bits per heavy atom. The molecule has 1 unspecified atom stereocenters. The van der Waals surface area contributed by atoms with Crippen molar-refractivity contribution >= 4 is 41.4 Å². The minimum absolute atomic E-state index is 0.168. The van der Waals surface area contributed by atoms with E-state index in [0.29, 0.717) is 23.2 Å². The Bertz CT molecular complexity index is 1060. The summed E-state index contributed by atoms with van der Waals surface area (Å²) < 4.78 is 13.2. The number of likely N-dealkylation sites (N-methyl/N-ethyl adjacent to an activating group) is 1. The largest absolute Gasteiger partial charge is 0.425 e. The summed E-state index contributed by atoms with van der Waals surface area (Å²) in [4.78, 5) is 42.5. The smallest absolute Gasteiger partial charge is 0.358 e. The molecule has 1 saturated heterocycles. The average molecular weight is 568 g/mol. The van der Waals surface area contributed by atoms with Gasteiger partial charge in [0.25, 0.3) is 0 Å². The predicted octanol–water partition coefficient (Wildman–Crippen LogP) is 1.47. The lowest BCUT2D eigenvalue weighted by molar-refractivity contribution is -0.198. The van der Waals surface area contributed by atoms with Crippen LogP contribution in [0.25, 0.3) is 0 Å². The van der Waals surface area contributed by atoms with Crippen LogP contribution in [0.4, 0.5) is 0 Å². The molecule has 2 N–H and O–H groups in total. The molecule has 1 saturated carbocycles. The van der Waals surface area contributed by atoms with Crippen molar-refractivity contribution in [3.63, 3.8) is 0 Å². The van der Waals surface area contributed by atoms with Crippen LogP contribution in [0.5, 0.6) is 0 Å². The summed E-state index contributed by atoms with van der Waals surface area (Å²) in [5.41, 5.74) is 6.92. The Kier molecular flexibility index (Phi) is 9.71. The van der Waals surface area contributed by atoms with E-state index in [1.54, 1.807) is 4.68 Å². The first-order valence-electron chi connectivity index (χ1n) is 13.0. The number of nitrogens with two attached hydrogens (primary N) is 1. The minimum Gasteiger partial charge on any atom is -0.425 e. The molecule has 0 radical (unpaired) electrons. The van der Waals surface area contributed by atoms with Crippen molar-refractivity contribution in [2.75, 3.05) is 32.1 Å². The van der Waals surface area contributed by atoms with Crippen LogP contribution >= 0.6 is 23.5 Å². The van der Waals surface area contributed by atoms with Crippen LogP contribution in [0.15, 0.2) is 16.4 Å². The summed E-state index contributed by atoms with van der Waals surface area (Å²) in [5, 5.41) is 12.2. The molecule has 14 heteroatoms. The van der Waals surface area contributed by atoms with Gasteiger partial charge in [0.05, 0.1) is 12.5 Å². The first-order valence-corrected chi connectivity index (χ1v) is 15.1. The van der Waals surface area contributed by atoms with E-state index in [-0.39, 0.29) is 34.8 Å². The number of fused-ring (bicyclic) bond motifs is 1. The Hall–Kier alpha value is -2.16. The Balaban J connectivity index is 1.50. The topological polar surface area (TPSA) is 146 Å². The summed E-state index contributed by atoms with van der Waals surface area (Å²) in [6, 6.07) is -0.666. The van der Waals surface area contributed by atoms with Crippen LogP contribution in [0.3, 0.4) is 0 Å². The van der Waals surface area contributed by atoms with Gasteiger partial charge in [0, 0.05) is 24.0 Å². The van der Waals surface area contributed by atoms with Gasteiger partial charge in [-0.25, -0.2) is 9.48 Å². The van der Waals surface area contributed by atoms with Crippen LogP contribution in [0.2, 0.25) is 0 Å². The van der Waals surface area contributed by atoms with Gasteiger partial charge >= 0.3 is 11.9 Å². The fourth-order valence-corrected chi connectivity index (χ4v) is 6.91. The number of thioether (sulfide) groups is 2. The quantitative estimate of drug-likeness (QED) is 0.179. The van der Waals surface area contributed by atoms with E-state index in [4.69, 9.17) is 15.2 Å². The number of ether oxygens (including phenoxy) is 2. The molecule has 210 valence electrons. The van der Waals surface area contributed by atoms with E-state index in [1.807, 2.05) is 32.8 Å². The predicted molar refractivity (Wildman–Crippen MR) is 143 cm³/mol. The highest BCUT2D eigenvalue weighted by Crippen LogP contribution is 2.41. The van der Waals surface area contributed by atoms with E-state index >= 15 is 0 Å². The molecule has 1 amide bonds. The zero-order chi connectivity index (χ0) is 27.4. The van der Waals surface area contributed by atoms with Gasteiger partial charge in [0.2, 0.25) is 17.4 Å². The summed E-state index contributed by atoms with van der Waals surface area (Å²) >= 11 is 2.91. The third-order valence-corrected chi connectivity index (χ3v) is 9.26. The third kappa shape index (κ3) is 6.52. The average Bonchev–Trinajstić information content (AvgIpc) is 3.36. The Labute approximate surface area is 231 Å². The zero-order valence-corrected chi connectivity index (χ0v) is 24.0. The first-order chi connectivity index (χ1) is 18.2. The standard InChI is InChI=1S/C24H37N7O5S2/c1-14(2)23(35-21(33)15-8-6-5-7-9-15)36-22(34)18-16(12-37-20-17(25)19(32)31(18)20)13-38-24-26-27-28-30(24)11-10-29(3)4/h14-15,17,20,23H,5-13,25H2,1-4H3/t17-,20-,23?/m1/s1. The maximum absolute atomic E-state index is 13.6. The van der Waals surface area contributed by atoms with Crippen molar-refractivity contribution in [1.29, 1.82) is 0 Å². The van der Waals surface area contributed by atoms with Gasteiger partial charge in [0.1, 0.15) is 17.1 Å².